The Labute approximate surface area is 74.0 Å². The molecule has 0 bridgehead atoms. The minimum atomic E-state index is -4.31. The van der Waals surface area contributed by atoms with Gasteiger partial charge in [0.25, 0.3) is 0 Å². The lowest BCUT2D eigenvalue weighted by Crippen LogP contribution is -2.36. The molecule has 78 valence electrons. The molecule has 0 aliphatic rings. The molecule has 0 amide bonds. The molecule has 2 atom stereocenters. The van der Waals surface area contributed by atoms with Crippen LogP contribution in [0.2, 0.25) is 0 Å². The Morgan fingerprint density at radius 1 is 1.54 bits per heavy atom. The van der Waals surface area contributed by atoms with E-state index >= 15 is 0 Å². The van der Waals surface area contributed by atoms with E-state index in [9.17, 15) is 18.0 Å². The second-order valence-corrected chi connectivity index (χ2v) is 2.81. The van der Waals surface area contributed by atoms with Crippen molar-refractivity contribution in [2.24, 2.45) is 11.7 Å². The third-order valence-electron chi connectivity index (χ3n) is 1.67. The Bertz CT molecular complexity index is 181. The van der Waals surface area contributed by atoms with Crippen molar-refractivity contribution in [1.29, 1.82) is 0 Å². The summed E-state index contributed by atoms with van der Waals surface area (Å²) in [5, 5.41) is 0. The smallest absolute Gasteiger partial charge is 0.391 e. The van der Waals surface area contributed by atoms with E-state index in [2.05, 4.69) is 4.74 Å². The van der Waals surface area contributed by atoms with Gasteiger partial charge < -0.3 is 10.5 Å². The molecule has 13 heavy (non-hydrogen) atoms. The lowest BCUT2D eigenvalue weighted by Gasteiger charge is -2.18. The van der Waals surface area contributed by atoms with Crippen molar-refractivity contribution in [2.75, 3.05) is 7.11 Å². The largest absolute Gasteiger partial charge is 0.468 e. The van der Waals surface area contributed by atoms with E-state index in [1.54, 1.807) is 0 Å². The van der Waals surface area contributed by atoms with Gasteiger partial charge in [0.05, 0.1) is 13.0 Å². The molecule has 0 heterocycles. The van der Waals surface area contributed by atoms with Crippen LogP contribution < -0.4 is 5.73 Å². The fraction of sp³-hybridized carbons (Fsp3) is 0.857. The van der Waals surface area contributed by atoms with Crippen molar-refractivity contribution >= 4 is 5.97 Å². The van der Waals surface area contributed by atoms with Crippen LogP contribution in [0.1, 0.15) is 13.3 Å². The molecule has 0 aromatic carbocycles. The Hall–Kier alpha value is -0.780. The van der Waals surface area contributed by atoms with Crippen LogP contribution in [0.5, 0.6) is 0 Å². The Kier molecular flexibility index (Phi) is 4.19. The van der Waals surface area contributed by atoms with Gasteiger partial charge in [-0.2, -0.15) is 13.2 Å². The van der Waals surface area contributed by atoms with E-state index < -0.39 is 30.5 Å². The number of rotatable bonds is 3. The monoisotopic (exact) mass is 199 g/mol. The highest BCUT2D eigenvalue weighted by molar-refractivity contribution is 5.75. The number of ether oxygens (including phenoxy) is 1. The van der Waals surface area contributed by atoms with Crippen molar-refractivity contribution in [3.63, 3.8) is 0 Å². The summed E-state index contributed by atoms with van der Waals surface area (Å²) < 4.78 is 40.1. The first-order chi connectivity index (χ1) is 5.79. The van der Waals surface area contributed by atoms with E-state index in [0.29, 0.717) is 0 Å². The maximum Gasteiger partial charge on any atom is 0.391 e. The lowest BCUT2D eigenvalue weighted by molar-refractivity contribution is -0.174. The van der Waals surface area contributed by atoms with Crippen LogP contribution in [0, 0.1) is 5.92 Å². The molecule has 0 radical (unpaired) electrons. The van der Waals surface area contributed by atoms with Gasteiger partial charge in [-0.05, 0) is 6.42 Å². The number of hydrogen-bond acceptors (Lipinski definition) is 3. The van der Waals surface area contributed by atoms with Crippen LogP contribution in [-0.2, 0) is 9.53 Å². The Balaban J connectivity index is 4.06. The molecule has 0 aliphatic carbocycles. The van der Waals surface area contributed by atoms with Crippen molar-refractivity contribution in [2.45, 2.75) is 25.6 Å². The number of carbonyl (C=O) groups is 1. The zero-order valence-electron chi connectivity index (χ0n) is 7.39. The maximum absolute atomic E-state index is 12.0. The predicted molar refractivity (Wildman–Crippen MR) is 39.8 cm³/mol. The summed E-state index contributed by atoms with van der Waals surface area (Å²) in [6.07, 6.45) is -4.76. The van der Waals surface area contributed by atoms with Gasteiger partial charge in [0.15, 0.2) is 0 Å². The molecule has 0 rings (SSSR count). The van der Waals surface area contributed by atoms with Gasteiger partial charge in [-0.15, -0.1) is 0 Å². The van der Waals surface area contributed by atoms with E-state index in [-0.39, 0.29) is 0 Å². The standard InChI is InChI=1S/C7H12F3NO2/c1-4(7(8,9)10)3-5(11)6(12)13-2/h4-5H,3,11H2,1-2H3/t4-,5?/m1/s1. The average molecular weight is 199 g/mol. The zero-order chi connectivity index (χ0) is 10.6. The number of methoxy groups -OCH3 is 1. The lowest BCUT2D eigenvalue weighted by atomic mass is 10.0. The second-order valence-electron chi connectivity index (χ2n) is 2.81. The highest BCUT2D eigenvalue weighted by atomic mass is 19.4. The molecular formula is C7H12F3NO2. The van der Waals surface area contributed by atoms with Crippen LogP contribution in [0.15, 0.2) is 0 Å². The topological polar surface area (TPSA) is 52.3 Å². The summed E-state index contributed by atoms with van der Waals surface area (Å²) in [6, 6.07) is -1.21. The highest BCUT2D eigenvalue weighted by Crippen LogP contribution is 2.28. The van der Waals surface area contributed by atoms with Crippen LogP contribution in [0.3, 0.4) is 0 Å². The summed E-state index contributed by atoms with van der Waals surface area (Å²) in [7, 11) is 1.08. The van der Waals surface area contributed by atoms with Crippen LogP contribution in [0.25, 0.3) is 0 Å². The minimum Gasteiger partial charge on any atom is -0.468 e. The zero-order valence-corrected chi connectivity index (χ0v) is 7.39. The number of nitrogens with two attached hydrogens (primary N) is 1. The molecule has 0 fully saturated rings. The first-order valence-corrected chi connectivity index (χ1v) is 3.69. The van der Waals surface area contributed by atoms with Crippen LogP contribution in [-0.4, -0.2) is 25.3 Å². The number of carbonyl (C=O) groups excluding carboxylic acids is 1. The molecule has 0 saturated carbocycles. The molecule has 3 nitrogen and oxygen atoms in total. The Morgan fingerprint density at radius 2 is 2.00 bits per heavy atom. The summed E-state index contributed by atoms with van der Waals surface area (Å²) in [5.74, 6) is -2.42. The van der Waals surface area contributed by atoms with E-state index in [1.807, 2.05) is 0 Å². The van der Waals surface area contributed by atoms with Crippen molar-refractivity contribution in [3.8, 4) is 0 Å². The first kappa shape index (κ1) is 12.2. The Morgan fingerprint density at radius 3 is 2.31 bits per heavy atom. The van der Waals surface area contributed by atoms with Crippen molar-refractivity contribution in [3.05, 3.63) is 0 Å². The van der Waals surface area contributed by atoms with E-state index in [4.69, 9.17) is 5.73 Å². The summed E-state index contributed by atoms with van der Waals surface area (Å²) in [4.78, 5) is 10.7. The first-order valence-electron chi connectivity index (χ1n) is 3.69. The van der Waals surface area contributed by atoms with Gasteiger partial charge in [-0.25, -0.2) is 0 Å². The number of hydrogen-bond donors (Lipinski definition) is 1. The fourth-order valence-electron chi connectivity index (χ4n) is 0.762. The molecule has 6 heteroatoms. The molecule has 1 unspecified atom stereocenters. The molecule has 0 aromatic rings. The van der Waals surface area contributed by atoms with Crippen LogP contribution in [0.4, 0.5) is 13.2 Å². The molecular weight excluding hydrogens is 187 g/mol. The molecule has 0 saturated heterocycles. The second kappa shape index (κ2) is 4.45. The fourth-order valence-corrected chi connectivity index (χ4v) is 0.762. The van der Waals surface area contributed by atoms with Crippen molar-refractivity contribution < 1.29 is 22.7 Å². The van der Waals surface area contributed by atoms with Gasteiger partial charge in [-0.3, -0.25) is 4.79 Å². The van der Waals surface area contributed by atoms with Gasteiger partial charge in [0.1, 0.15) is 6.04 Å². The summed E-state index contributed by atoms with van der Waals surface area (Å²) in [5.41, 5.74) is 5.15. The highest BCUT2D eigenvalue weighted by Gasteiger charge is 2.37. The quantitative estimate of drug-likeness (QED) is 0.692. The number of esters is 1. The average Bonchev–Trinajstić information content (AvgIpc) is 2.01. The van der Waals surface area contributed by atoms with Gasteiger partial charge in [-0.1, -0.05) is 6.92 Å². The summed E-state index contributed by atoms with van der Waals surface area (Å²) in [6.45, 7) is 0.975. The number of halogens is 3. The van der Waals surface area contributed by atoms with Gasteiger partial charge >= 0.3 is 12.1 Å². The molecule has 0 aromatic heterocycles. The van der Waals surface area contributed by atoms with Crippen molar-refractivity contribution in [1.82, 2.24) is 0 Å². The predicted octanol–water partition coefficient (Wildman–Crippen LogP) is 1.08. The molecule has 0 spiro atoms. The van der Waals surface area contributed by atoms with Gasteiger partial charge in [0, 0.05) is 0 Å². The SMILES string of the molecule is COC(=O)C(N)C[C@@H](C)C(F)(F)F. The van der Waals surface area contributed by atoms with Crippen LogP contribution >= 0.6 is 0 Å². The summed E-state index contributed by atoms with van der Waals surface area (Å²) >= 11 is 0. The van der Waals surface area contributed by atoms with E-state index in [1.165, 1.54) is 0 Å². The molecule has 0 aliphatic heterocycles. The third-order valence-corrected chi connectivity index (χ3v) is 1.67. The maximum atomic E-state index is 12.0. The van der Waals surface area contributed by atoms with Gasteiger partial charge in [0.2, 0.25) is 0 Å². The minimum absolute atomic E-state index is 0.448. The normalized spacial score (nSPS) is 16.5. The van der Waals surface area contributed by atoms with E-state index in [0.717, 1.165) is 14.0 Å². The number of alkyl halides is 3. The molecule has 2 N–H and O–H groups in total. The third kappa shape index (κ3) is 4.12.